The molecule has 0 amide bonds. The lowest BCUT2D eigenvalue weighted by atomic mass is 10.0. The molecular weight excluding hydrogens is 518 g/mol. The number of H-pyrrole nitrogens is 1. The average Bonchev–Trinajstić information content (AvgIpc) is 3.24. The van der Waals surface area contributed by atoms with E-state index < -0.39 is 23.2 Å². The van der Waals surface area contributed by atoms with Crippen LogP contribution in [0.15, 0.2) is 47.5 Å². The number of aromatic carboxylic acids is 1. The third-order valence-electron chi connectivity index (χ3n) is 8.49. The van der Waals surface area contributed by atoms with E-state index in [9.17, 15) is 19.1 Å². The minimum Gasteiger partial charge on any atom is -0.477 e. The number of nitrogens with zero attached hydrogens (tertiary/aromatic N) is 4. The summed E-state index contributed by atoms with van der Waals surface area (Å²) in [5, 5.41) is 13.0. The van der Waals surface area contributed by atoms with Crippen LogP contribution in [0.2, 0.25) is 0 Å². The lowest BCUT2D eigenvalue weighted by Gasteiger charge is -2.27. The number of carbonyl (C=O) groups is 1. The molecule has 1 aliphatic heterocycles. The van der Waals surface area contributed by atoms with Gasteiger partial charge in [-0.3, -0.25) is 9.20 Å². The van der Waals surface area contributed by atoms with Crippen molar-refractivity contribution in [2.75, 3.05) is 44.4 Å². The quantitative estimate of drug-likeness (QED) is 0.307. The molecule has 3 atom stereocenters. The Labute approximate surface area is 226 Å². The Morgan fingerprint density at radius 3 is 2.55 bits per heavy atom. The topological polar surface area (TPSA) is 106 Å². The number of carboxylic acids is 1. The monoisotopic (exact) mass is 544 g/mol. The number of piperidine rings is 1. The van der Waals surface area contributed by atoms with E-state index in [0.717, 1.165) is 19.2 Å². The van der Waals surface area contributed by atoms with E-state index in [4.69, 9.17) is 0 Å². The van der Waals surface area contributed by atoms with Gasteiger partial charge in [0.2, 0.25) is 0 Å². The minimum atomic E-state index is -1.31. The molecule has 1 aliphatic carbocycles. The molecule has 1 aromatic carbocycles. The molecule has 4 aromatic heterocycles. The Kier molecular flexibility index (Phi) is 5.21. The molecule has 204 valence electrons. The molecular formula is C29H26F2N6O3. The molecule has 3 N–H and O–H groups in total. The fourth-order valence-corrected chi connectivity index (χ4v) is 6.64. The molecule has 11 heteroatoms. The van der Waals surface area contributed by atoms with Crippen LogP contribution in [0.5, 0.6) is 0 Å². The van der Waals surface area contributed by atoms with Gasteiger partial charge in [0, 0.05) is 61.3 Å². The van der Waals surface area contributed by atoms with Crippen molar-refractivity contribution >= 4 is 44.8 Å². The van der Waals surface area contributed by atoms with E-state index >= 15 is 4.39 Å². The molecule has 0 radical (unpaired) electrons. The van der Waals surface area contributed by atoms with Crippen LogP contribution in [-0.2, 0) is 0 Å². The van der Waals surface area contributed by atoms with E-state index in [2.05, 4.69) is 39.2 Å². The number of hydrogen-bond donors (Lipinski definition) is 3. The summed E-state index contributed by atoms with van der Waals surface area (Å²) in [5.74, 6) is -2.34. The number of benzene rings is 1. The van der Waals surface area contributed by atoms with E-state index in [-0.39, 0.29) is 10.9 Å². The van der Waals surface area contributed by atoms with Crippen molar-refractivity contribution in [2.24, 2.45) is 11.8 Å². The summed E-state index contributed by atoms with van der Waals surface area (Å²) in [5.41, 5.74) is 2.73. The number of rotatable bonds is 5. The van der Waals surface area contributed by atoms with Gasteiger partial charge in [-0.1, -0.05) is 6.07 Å². The highest BCUT2D eigenvalue weighted by Gasteiger charge is 2.57. The summed E-state index contributed by atoms with van der Waals surface area (Å²) >= 11 is 0. The number of nitrogens with one attached hydrogen (secondary N) is 2. The summed E-state index contributed by atoms with van der Waals surface area (Å²) in [7, 11) is 5.78. The van der Waals surface area contributed by atoms with Crippen LogP contribution in [-0.4, -0.2) is 70.6 Å². The molecule has 2 aliphatic rings. The van der Waals surface area contributed by atoms with Crippen LogP contribution in [0, 0.1) is 23.5 Å². The largest absolute Gasteiger partial charge is 0.477 e. The molecule has 0 spiro atoms. The summed E-state index contributed by atoms with van der Waals surface area (Å²) in [4.78, 5) is 36.8. The number of aromatic amines is 1. The van der Waals surface area contributed by atoms with E-state index in [0.29, 0.717) is 62.4 Å². The number of fused-ring (bicyclic) bond motifs is 5. The lowest BCUT2D eigenvalue weighted by molar-refractivity contribution is 0.0694. The Hall–Kier alpha value is -4.51. The minimum absolute atomic E-state index is 0.111. The summed E-state index contributed by atoms with van der Waals surface area (Å²) in [6.07, 6.45) is 3.25. The second kappa shape index (κ2) is 8.49. The normalized spacial score (nSPS) is 20.1. The zero-order chi connectivity index (χ0) is 28.0. The first-order valence-corrected chi connectivity index (χ1v) is 13.0. The Morgan fingerprint density at radius 2 is 1.88 bits per heavy atom. The maximum Gasteiger partial charge on any atom is 0.341 e. The number of hydrogen-bond acceptors (Lipinski definition) is 6. The maximum atomic E-state index is 15.5. The Morgan fingerprint density at radius 1 is 1.15 bits per heavy atom. The molecule has 1 saturated carbocycles. The molecule has 9 nitrogen and oxygen atoms in total. The van der Waals surface area contributed by atoms with Crippen molar-refractivity contribution in [3.05, 3.63) is 70.3 Å². The van der Waals surface area contributed by atoms with E-state index in [1.165, 1.54) is 10.5 Å². The Balaban J connectivity index is 1.51. The van der Waals surface area contributed by atoms with Gasteiger partial charge in [-0.25, -0.2) is 18.6 Å². The number of halogens is 2. The van der Waals surface area contributed by atoms with Gasteiger partial charge in [-0.15, -0.1) is 0 Å². The molecule has 2 fully saturated rings. The summed E-state index contributed by atoms with van der Waals surface area (Å²) < 4.78 is 31.6. The molecule has 5 aromatic rings. The maximum absolute atomic E-state index is 15.5. The van der Waals surface area contributed by atoms with Gasteiger partial charge in [0.1, 0.15) is 11.2 Å². The smallest absolute Gasteiger partial charge is 0.341 e. The predicted octanol–water partition coefficient (Wildman–Crippen LogP) is 4.01. The van der Waals surface area contributed by atoms with Gasteiger partial charge in [-0.2, -0.15) is 0 Å². The molecule has 5 heterocycles. The van der Waals surface area contributed by atoms with Crippen LogP contribution in [0.1, 0.15) is 10.4 Å². The van der Waals surface area contributed by atoms with Gasteiger partial charge in [0.05, 0.1) is 27.7 Å². The second-order valence-electron chi connectivity index (χ2n) is 10.8. The zero-order valence-corrected chi connectivity index (χ0v) is 22.0. The van der Waals surface area contributed by atoms with Crippen LogP contribution >= 0.6 is 0 Å². The first-order valence-electron chi connectivity index (χ1n) is 13.0. The van der Waals surface area contributed by atoms with Crippen molar-refractivity contribution in [3.63, 3.8) is 0 Å². The first-order chi connectivity index (χ1) is 19.2. The SMILES string of the molecule is CNc1cc(F)c(F)c2c1[nH]c1ncc(-c3ccc4ccc(C(=O)O)c(=O)n4c3)c(N3C[C@@H]4C(N(C)C)[C@@H]4C3)c12. The third-order valence-corrected chi connectivity index (χ3v) is 8.49. The highest BCUT2D eigenvalue weighted by atomic mass is 19.2. The van der Waals surface area contributed by atoms with Gasteiger partial charge in [0.25, 0.3) is 5.56 Å². The predicted molar refractivity (Wildman–Crippen MR) is 149 cm³/mol. The third kappa shape index (κ3) is 3.37. The van der Waals surface area contributed by atoms with Crippen LogP contribution in [0.4, 0.5) is 20.2 Å². The van der Waals surface area contributed by atoms with Gasteiger partial charge in [-0.05, 0) is 44.1 Å². The lowest BCUT2D eigenvalue weighted by Crippen LogP contribution is -2.31. The van der Waals surface area contributed by atoms with Crippen molar-refractivity contribution in [2.45, 2.75) is 6.04 Å². The zero-order valence-electron chi connectivity index (χ0n) is 22.0. The highest BCUT2D eigenvalue weighted by molar-refractivity contribution is 6.18. The van der Waals surface area contributed by atoms with E-state index in [1.54, 1.807) is 31.6 Å². The second-order valence-corrected chi connectivity index (χ2v) is 10.8. The van der Waals surface area contributed by atoms with Crippen molar-refractivity contribution in [1.29, 1.82) is 0 Å². The van der Waals surface area contributed by atoms with Gasteiger partial charge >= 0.3 is 5.97 Å². The van der Waals surface area contributed by atoms with Crippen LogP contribution in [0.25, 0.3) is 38.6 Å². The van der Waals surface area contributed by atoms with Crippen LogP contribution < -0.4 is 15.8 Å². The highest BCUT2D eigenvalue weighted by Crippen LogP contribution is 2.52. The fraction of sp³-hybridized carbons (Fsp3) is 0.276. The number of anilines is 2. The van der Waals surface area contributed by atoms with Gasteiger partial charge in [0.15, 0.2) is 11.6 Å². The first kappa shape index (κ1) is 24.5. The van der Waals surface area contributed by atoms with Crippen LogP contribution in [0.3, 0.4) is 0 Å². The standard InChI is InChI=1S/C29H26F2N6O3/c1-32-20-8-19(30)23(31)21-22-26(36-11-17-18(12-36)25(17)35(2)3)16(9-33-27(22)34-24(20)21)13-4-5-14-6-7-15(29(39)40)28(38)37(14)10-13/h4-10,17-18,25,32H,11-12H2,1-3H3,(H,33,34)(H,39,40)/t17-,18+,25?. The molecule has 40 heavy (non-hydrogen) atoms. The molecule has 0 bridgehead atoms. The average molecular weight is 545 g/mol. The van der Waals surface area contributed by atoms with Crippen molar-refractivity contribution < 1.29 is 18.7 Å². The van der Waals surface area contributed by atoms with Crippen molar-refractivity contribution in [3.8, 4) is 11.1 Å². The molecule has 1 unspecified atom stereocenters. The fourth-order valence-electron chi connectivity index (χ4n) is 6.64. The number of pyridine rings is 3. The molecule has 7 rings (SSSR count). The number of aromatic nitrogens is 3. The van der Waals surface area contributed by atoms with E-state index in [1.807, 2.05) is 6.07 Å². The number of carboxylic acid groups (broad SMARTS) is 1. The summed E-state index contributed by atoms with van der Waals surface area (Å²) in [6.45, 7) is 1.47. The van der Waals surface area contributed by atoms with Gasteiger partial charge < -0.3 is 25.2 Å². The Bertz CT molecular complexity index is 1940. The summed E-state index contributed by atoms with van der Waals surface area (Å²) in [6, 6.07) is 8.01. The molecule has 1 saturated heterocycles. The van der Waals surface area contributed by atoms with Crippen molar-refractivity contribution in [1.82, 2.24) is 19.3 Å².